The molecule has 96 valence electrons. The summed E-state index contributed by atoms with van der Waals surface area (Å²) in [6, 6.07) is 13.9. The van der Waals surface area contributed by atoms with Gasteiger partial charge in [0.2, 0.25) is 5.72 Å². The van der Waals surface area contributed by atoms with Crippen molar-refractivity contribution in [1.82, 2.24) is 4.47 Å². The third-order valence-electron chi connectivity index (χ3n) is 3.40. The van der Waals surface area contributed by atoms with Crippen LogP contribution in [-0.2, 0) is 20.6 Å². The van der Waals surface area contributed by atoms with Crippen molar-refractivity contribution in [2.24, 2.45) is 0 Å². The summed E-state index contributed by atoms with van der Waals surface area (Å²) in [6.45, 7) is 0. The molecule has 0 N–H and O–H groups in total. The molecule has 0 saturated carbocycles. The van der Waals surface area contributed by atoms with E-state index in [1.165, 1.54) is 0 Å². The largest absolute Gasteiger partial charge is 0.269 e. The van der Waals surface area contributed by atoms with Crippen LogP contribution in [0.5, 0.6) is 0 Å². The molecule has 0 aromatic heterocycles. The highest BCUT2D eigenvalue weighted by Crippen LogP contribution is 2.60. The zero-order valence-electron chi connectivity index (χ0n) is 9.58. The smallest absolute Gasteiger partial charge is 0.244 e. The van der Waals surface area contributed by atoms with Crippen molar-refractivity contribution in [3.8, 4) is 0 Å². The van der Waals surface area contributed by atoms with E-state index in [0.29, 0.717) is 21.0 Å². The first kappa shape index (κ1) is 11.4. The molecule has 2 aliphatic rings. The number of hydroxylamine groups is 1. The highest BCUT2D eigenvalue weighted by molar-refractivity contribution is 7.89. The molecule has 4 rings (SSSR count). The van der Waals surface area contributed by atoms with Crippen LogP contribution in [-0.4, -0.2) is 12.9 Å². The maximum Gasteiger partial charge on any atom is 0.269 e. The fourth-order valence-electron chi connectivity index (χ4n) is 2.54. The lowest BCUT2D eigenvalue weighted by Crippen LogP contribution is -2.13. The number of benzene rings is 2. The summed E-state index contributed by atoms with van der Waals surface area (Å²) in [4.78, 5) is 5.70. The zero-order chi connectivity index (χ0) is 13.3. The van der Waals surface area contributed by atoms with Gasteiger partial charge in [0, 0.05) is 16.1 Å². The van der Waals surface area contributed by atoms with E-state index in [9.17, 15) is 8.42 Å². The van der Waals surface area contributed by atoms with Crippen molar-refractivity contribution in [3.63, 3.8) is 0 Å². The molecule has 19 heavy (non-hydrogen) atoms. The van der Waals surface area contributed by atoms with Crippen molar-refractivity contribution in [3.05, 3.63) is 64.7 Å². The average molecular weight is 294 g/mol. The highest BCUT2D eigenvalue weighted by atomic mass is 35.5. The van der Waals surface area contributed by atoms with Crippen LogP contribution >= 0.6 is 11.6 Å². The van der Waals surface area contributed by atoms with E-state index in [-0.39, 0.29) is 0 Å². The lowest BCUT2D eigenvalue weighted by Gasteiger charge is -2.08. The van der Waals surface area contributed by atoms with Gasteiger partial charge in [-0.3, -0.25) is 0 Å². The van der Waals surface area contributed by atoms with Gasteiger partial charge in [-0.05, 0) is 22.7 Å². The number of fused-ring (bicyclic) bond motifs is 3. The highest BCUT2D eigenvalue weighted by Gasteiger charge is 2.71. The van der Waals surface area contributed by atoms with E-state index in [4.69, 9.17) is 16.4 Å². The third kappa shape index (κ3) is 1.28. The first-order chi connectivity index (χ1) is 9.07. The molecule has 2 atom stereocenters. The Hall–Kier alpha value is -1.40. The van der Waals surface area contributed by atoms with Gasteiger partial charge < -0.3 is 0 Å². The van der Waals surface area contributed by atoms with Crippen molar-refractivity contribution >= 4 is 21.6 Å². The summed E-state index contributed by atoms with van der Waals surface area (Å²) in [7, 11) is -3.56. The van der Waals surface area contributed by atoms with E-state index >= 15 is 0 Å². The first-order valence-electron chi connectivity index (χ1n) is 5.67. The number of hydrogen-bond acceptors (Lipinski definition) is 3. The second-order valence-corrected chi connectivity index (χ2v) is 6.63. The molecule has 1 saturated heterocycles. The van der Waals surface area contributed by atoms with Crippen LogP contribution in [0.15, 0.2) is 53.4 Å². The van der Waals surface area contributed by atoms with Crippen LogP contribution < -0.4 is 0 Å². The summed E-state index contributed by atoms with van der Waals surface area (Å²) in [5, 5.41) is 0.545. The van der Waals surface area contributed by atoms with Crippen LogP contribution in [0.4, 0.5) is 0 Å². The van der Waals surface area contributed by atoms with Gasteiger partial charge in [0.15, 0.2) is 0 Å². The summed E-state index contributed by atoms with van der Waals surface area (Å²) < 4.78 is 25.6. The standard InChI is InChI=1S/C13H8ClNO3S/c14-10-5-3-4-9(8-10)13-11-6-1-2-7-12(11)19(16,17)15(13)18-13/h1-8H. The van der Waals surface area contributed by atoms with Crippen LogP contribution in [0.3, 0.4) is 0 Å². The van der Waals surface area contributed by atoms with Crippen LogP contribution in [0.25, 0.3) is 0 Å². The summed E-state index contributed by atoms with van der Waals surface area (Å²) in [5.74, 6) is 0. The minimum atomic E-state index is -3.56. The van der Waals surface area contributed by atoms with Gasteiger partial charge in [-0.1, -0.05) is 41.9 Å². The summed E-state index contributed by atoms with van der Waals surface area (Å²) >= 11 is 5.98. The Labute approximate surface area is 115 Å². The average Bonchev–Trinajstić information content (AvgIpc) is 3.12. The summed E-state index contributed by atoms with van der Waals surface area (Å²) in [5.41, 5.74) is 0.325. The van der Waals surface area contributed by atoms with Crippen LogP contribution in [0.2, 0.25) is 5.02 Å². The second-order valence-electron chi connectivity index (χ2n) is 4.47. The minimum absolute atomic E-state index is 0.293. The molecule has 6 heteroatoms. The molecule has 2 aliphatic heterocycles. The van der Waals surface area contributed by atoms with E-state index in [2.05, 4.69) is 0 Å². The summed E-state index contributed by atoms with van der Waals surface area (Å²) in [6.07, 6.45) is 0. The van der Waals surface area contributed by atoms with Gasteiger partial charge in [-0.15, -0.1) is 0 Å². The Balaban J connectivity index is 2.02. The Morgan fingerprint density at radius 2 is 1.89 bits per heavy atom. The first-order valence-corrected chi connectivity index (χ1v) is 7.49. The molecule has 0 aliphatic carbocycles. The number of hydrogen-bond donors (Lipinski definition) is 0. The number of rotatable bonds is 1. The second kappa shape index (κ2) is 3.37. The zero-order valence-corrected chi connectivity index (χ0v) is 11.1. The Morgan fingerprint density at radius 1 is 1.11 bits per heavy atom. The Bertz CT molecular complexity index is 805. The van der Waals surface area contributed by atoms with E-state index in [1.807, 2.05) is 6.07 Å². The normalized spacial score (nSPS) is 29.6. The van der Waals surface area contributed by atoms with Gasteiger partial charge in [0.1, 0.15) is 0 Å². The third-order valence-corrected chi connectivity index (χ3v) is 5.32. The van der Waals surface area contributed by atoms with Gasteiger partial charge in [-0.2, -0.15) is 0 Å². The molecule has 2 aromatic rings. The number of halogens is 1. The molecule has 1 fully saturated rings. The predicted octanol–water partition coefficient (Wildman–Crippen LogP) is 2.49. The predicted molar refractivity (Wildman–Crippen MR) is 68.8 cm³/mol. The molecular formula is C13H8ClNO3S. The van der Waals surface area contributed by atoms with Crippen molar-refractivity contribution < 1.29 is 13.3 Å². The fourth-order valence-corrected chi connectivity index (χ4v) is 4.39. The molecule has 2 unspecified atom stereocenters. The fraction of sp³-hybridized carbons (Fsp3) is 0.0769. The maximum absolute atomic E-state index is 12.3. The van der Waals surface area contributed by atoms with Gasteiger partial charge in [0.25, 0.3) is 10.0 Å². The minimum Gasteiger partial charge on any atom is -0.244 e. The molecule has 0 bridgehead atoms. The number of sulfonamides is 1. The topological polar surface area (TPSA) is 49.7 Å². The van der Waals surface area contributed by atoms with E-state index in [1.54, 1.807) is 42.5 Å². The van der Waals surface area contributed by atoms with E-state index in [0.717, 1.165) is 4.47 Å². The SMILES string of the molecule is O=S1(=O)c2ccccc2C2(c3cccc(Cl)c3)ON21. The molecule has 2 heterocycles. The maximum atomic E-state index is 12.3. The quantitative estimate of drug-likeness (QED) is 0.759. The van der Waals surface area contributed by atoms with Gasteiger partial charge >= 0.3 is 0 Å². The Morgan fingerprint density at radius 3 is 2.68 bits per heavy atom. The molecular weight excluding hydrogens is 286 g/mol. The monoisotopic (exact) mass is 293 g/mol. The molecule has 0 spiro atoms. The molecule has 4 nitrogen and oxygen atoms in total. The van der Waals surface area contributed by atoms with Gasteiger partial charge in [0.05, 0.1) is 4.90 Å². The van der Waals surface area contributed by atoms with Crippen LogP contribution in [0.1, 0.15) is 11.1 Å². The van der Waals surface area contributed by atoms with Crippen molar-refractivity contribution in [1.29, 1.82) is 0 Å². The van der Waals surface area contributed by atoms with Gasteiger partial charge in [-0.25, -0.2) is 13.3 Å². The lowest BCUT2D eigenvalue weighted by atomic mass is 9.97. The van der Waals surface area contributed by atoms with Crippen molar-refractivity contribution in [2.75, 3.05) is 0 Å². The molecule has 2 aromatic carbocycles. The van der Waals surface area contributed by atoms with Crippen molar-refractivity contribution in [2.45, 2.75) is 10.6 Å². The van der Waals surface area contributed by atoms with E-state index < -0.39 is 15.7 Å². The number of nitrogens with zero attached hydrogens (tertiary/aromatic N) is 1. The molecule has 0 amide bonds. The molecule has 0 radical (unpaired) electrons. The Kier molecular flexibility index (Phi) is 2.03. The lowest BCUT2D eigenvalue weighted by molar-refractivity contribution is 0.259. The van der Waals surface area contributed by atoms with Crippen LogP contribution in [0, 0.1) is 0 Å².